The van der Waals surface area contributed by atoms with Crippen LogP contribution >= 0.6 is 0 Å². The van der Waals surface area contributed by atoms with Gasteiger partial charge in [0.25, 0.3) is 0 Å². The van der Waals surface area contributed by atoms with E-state index in [1.165, 1.54) is 7.11 Å². The predicted molar refractivity (Wildman–Crippen MR) is 63.9 cm³/mol. The first kappa shape index (κ1) is 11.6. The molecule has 1 aliphatic carbocycles. The minimum Gasteiger partial charge on any atom is -0.465 e. The number of esters is 1. The van der Waals surface area contributed by atoms with Gasteiger partial charge in [-0.25, -0.2) is 4.79 Å². The molecule has 0 unspecified atom stereocenters. The fourth-order valence-corrected chi connectivity index (χ4v) is 1.63. The molecule has 0 saturated heterocycles. The number of benzene rings is 1. The van der Waals surface area contributed by atoms with E-state index in [1.807, 2.05) is 6.92 Å². The highest BCUT2D eigenvalue weighted by Gasteiger charge is 2.29. The van der Waals surface area contributed by atoms with Gasteiger partial charge in [0, 0.05) is 11.6 Å². The number of rotatable bonds is 3. The molecule has 2 rings (SSSR count). The molecular weight excluding hydrogens is 218 g/mol. The Kier molecular flexibility index (Phi) is 3.13. The van der Waals surface area contributed by atoms with Crippen molar-refractivity contribution in [1.29, 1.82) is 0 Å². The Hall–Kier alpha value is -1.84. The van der Waals surface area contributed by atoms with Gasteiger partial charge >= 0.3 is 5.97 Å². The number of carbonyl (C=O) groups excluding carboxylic acids is 2. The van der Waals surface area contributed by atoms with Crippen LogP contribution in [0, 0.1) is 12.8 Å². The van der Waals surface area contributed by atoms with Crippen molar-refractivity contribution in [3.8, 4) is 0 Å². The number of amides is 1. The summed E-state index contributed by atoms with van der Waals surface area (Å²) in [5.74, 6) is -0.123. The van der Waals surface area contributed by atoms with E-state index in [1.54, 1.807) is 18.2 Å². The lowest BCUT2D eigenvalue weighted by Crippen LogP contribution is -2.14. The van der Waals surface area contributed by atoms with E-state index in [-0.39, 0.29) is 17.8 Å². The molecule has 0 atom stereocenters. The molecule has 1 N–H and O–H groups in total. The summed E-state index contributed by atoms with van der Waals surface area (Å²) in [5.41, 5.74) is 2.12. The second-order valence-corrected chi connectivity index (χ2v) is 4.28. The third-order valence-electron chi connectivity index (χ3n) is 2.85. The third-order valence-corrected chi connectivity index (χ3v) is 2.85. The Morgan fingerprint density at radius 2 is 2.06 bits per heavy atom. The standard InChI is InChI=1S/C13H15NO3/c1-8-7-10(13(16)17-2)5-6-11(8)14-12(15)9-3-4-9/h5-7,9H,3-4H2,1-2H3,(H,14,15). The van der Waals surface area contributed by atoms with Crippen LogP contribution in [0.25, 0.3) is 0 Å². The zero-order chi connectivity index (χ0) is 12.4. The van der Waals surface area contributed by atoms with Gasteiger partial charge in [0.2, 0.25) is 5.91 Å². The third kappa shape index (κ3) is 2.64. The fraction of sp³-hybridized carbons (Fsp3) is 0.385. The SMILES string of the molecule is COC(=O)c1ccc(NC(=O)C2CC2)c(C)c1. The van der Waals surface area contributed by atoms with E-state index >= 15 is 0 Å². The molecule has 1 aromatic carbocycles. The zero-order valence-corrected chi connectivity index (χ0v) is 9.95. The maximum atomic E-state index is 11.6. The number of anilines is 1. The van der Waals surface area contributed by atoms with Crippen LogP contribution in [-0.4, -0.2) is 19.0 Å². The van der Waals surface area contributed by atoms with Crippen molar-refractivity contribution in [2.45, 2.75) is 19.8 Å². The van der Waals surface area contributed by atoms with Crippen LogP contribution in [0.15, 0.2) is 18.2 Å². The molecule has 0 aromatic heterocycles. The molecule has 1 aliphatic rings. The van der Waals surface area contributed by atoms with Crippen molar-refractivity contribution in [3.63, 3.8) is 0 Å². The molecule has 1 amide bonds. The molecule has 0 aliphatic heterocycles. The summed E-state index contributed by atoms with van der Waals surface area (Å²) < 4.78 is 4.63. The van der Waals surface area contributed by atoms with Gasteiger partial charge in [-0.3, -0.25) is 4.79 Å². The largest absolute Gasteiger partial charge is 0.465 e. The van der Waals surface area contributed by atoms with Gasteiger partial charge in [-0.05, 0) is 43.5 Å². The second-order valence-electron chi connectivity index (χ2n) is 4.28. The van der Waals surface area contributed by atoms with E-state index in [0.717, 1.165) is 24.1 Å². The molecule has 0 heterocycles. The van der Waals surface area contributed by atoms with Crippen LogP contribution < -0.4 is 5.32 Å². The second kappa shape index (κ2) is 4.57. The molecule has 0 radical (unpaired) electrons. The fourth-order valence-electron chi connectivity index (χ4n) is 1.63. The topological polar surface area (TPSA) is 55.4 Å². The van der Waals surface area contributed by atoms with Crippen LogP contribution in [0.2, 0.25) is 0 Å². The van der Waals surface area contributed by atoms with Gasteiger partial charge < -0.3 is 10.1 Å². The van der Waals surface area contributed by atoms with Crippen LogP contribution in [-0.2, 0) is 9.53 Å². The summed E-state index contributed by atoms with van der Waals surface area (Å²) in [5, 5.41) is 2.87. The Bertz CT molecular complexity index is 464. The predicted octanol–water partition coefficient (Wildman–Crippen LogP) is 2.13. The Morgan fingerprint density at radius 1 is 1.35 bits per heavy atom. The van der Waals surface area contributed by atoms with E-state index in [9.17, 15) is 9.59 Å². The number of aryl methyl sites for hydroxylation is 1. The normalized spacial score (nSPS) is 14.2. The number of hydrogen-bond acceptors (Lipinski definition) is 3. The maximum Gasteiger partial charge on any atom is 0.337 e. The Morgan fingerprint density at radius 3 is 2.59 bits per heavy atom. The van der Waals surface area contributed by atoms with Crippen LogP contribution in [0.1, 0.15) is 28.8 Å². The molecule has 17 heavy (non-hydrogen) atoms. The first-order valence-corrected chi connectivity index (χ1v) is 5.61. The lowest BCUT2D eigenvalue weighted by molar-refractivity contribution is -0.117. The average molecular weight is 233 g/mol. The molecule has 1 saturated carbocycles. The lowest BCUT2D eigenvalue weighted by atomic mass is 10.1. The molecule has 4 heteroatoms. The highest BCUT2D eigenvalue weighted by Crippen LogP contribution is 2.30. The van der Waals surface area contributed by atoms with Crippen LogP contribution in [0.4, 0.5) is 5.69 Å². The van der Waals surface area contributed by atoms with Crippen molar-refractivity contribution in [1.82, 2.24) is 0 Å². The summed E-state index contributed by atoms with van der Waals surface area (Å²) in [6, 6.07) is 5.11. The monoisotopic (exact) mass is 233 g/mol. The lowest BCUT2D eigenvalue weighted by Gasteiger charge is -2.09. The van der Waals surface area contributed by atoms with Gasteiger partial charge in [0.05, 0.1) is 12.7 Å². The first-order chi connectivity index (χ1) is 8.11. The summed E-state index contributed by atoms with van der Waals surface area (Å²) in [6.07, 6.45) is 1.95. The first-order valence-electron chi connectivity index (χ1n) is 5.61. The van der Waals surface area contributed by atoms with Crippen molar-refractivity contribution in [3.05, 3.63) is 29.3 Å². The van der Waals surface area contributed by atoms with Crippen molar-refractivity contribution in [2.75, 3.05) is 12.4 Å². The molecular formula is C13H15NO3. The maximum absolute atomic E-state index is 11.6. The van der Waals surface area contributed by atoms with Crippen molar-refractivity contribution < 1.29 is 14.3 Å². The highest BCUT2D eigenvalue weighted by molar-refractivity contribution is 5.96. The Balaban J connectivity index is 2.13. The Labute approximate surface area is 100.0 Å². The summed E-state index contributed by atoms with van der Waals surface area (Å²) in [7, 11) is 1.35. The van der Waals surface area contributed by atoms with Gasteiger partial charge in [-0.15, -0.1) is 0 Å². The molecule has 1 aromatic rings. The molecule has 0 bridgehead atoms. The van der Waals surface area contributed by atoms with Gasteiger partial charge in [-0.2, -0.15) is 0 Å². The number of methoxy groups -OCH3 is 1. The molecule has 90 valence electrons. The van der Waals surface area contributed by atoms with Gasteiger partial charge in [-0.1, -0.05) is 0 Å². The minimum absolute atomic E-state index is 0.0684. The van der Waals surface area contributed by atoms with Gasteiger partial charge in [0.15, 0.2) is 0 Å². The van der Waals surface area contributed by atoms with Crippen LogP contribution in [0.5, 0.6) is 0 Å². The van der Waals surface area contributed by atoms with Crippen molar-refractivity contribution >= 4 is 17.6 Å². The van der Waals surface area contributed by atoms with E-state index in [2.05, 4.69) is 10.1 Å². The number of hydrogen-bond donors (Lipinski definition) is 1. The molecule has 4 nitrogen and oxygen atoms in total. The number of carbonyl (C=O) groups is 2. The summed E-state index contributed by atoms with van der Waals surface area (Å²) >= 11 is 0. The van der Waals surface area contributed by atoms with E-state index in [4.69, 9.17) is 0 Å². The number of nitrogens with one attached hydrogen (secondary N) is 1. The highest BCUT2D eigenvalue weighted by atomic mass is 16.5. The van der Waals surface area contributed by atoms with Gasteiger partial charge in [0.1, 0.15) is 0 Å². The zero-order valence-electron chi connectivity index (χ0n) is 9.95. The summed E-state index contributed by atoms with van der Waals surface area (Å²) in [6.45, 7) is 1.86. The van der Waals surface area contributed by atoms with E-state index in [0.29, 0.717) is 5.56 Å². The van der Waals surface area contributed by atoms with Crippen LogP contribution in [0.3, 0.4) is 0 Å². The quantitative estimate of drug-likeness (QED) is 0.814. The summed E-state index contributed by atoms with van der Waals surface area (Å²) in [4.78, 5) is 22.9. The minimum atomic E-state index is -0.367. The number of ether oxygens (including phenoxy) is 1. The molecule has 0 spiro atoms. The molecule has 1 fully saturated rings. The van der Waals surface area contributed by atoms with E-state index < -0.39 is 0 Å². The van der Waals surface area contributed by atoms with Crippen molar-refractivity contribution in [2.24, 2.45) is 5.92 Å². The average Bonchev–Trinajstić information content (AvgIpc) is 3.14. The smallest absolute Gasteiger partial charge is 0.337 e.